The van der Waals surface area contributed by atoms with Gasteiger partial charge in [-0.3, -0.25) is 0 Å². The second kappa shape index (κ2) is 6.68. The molecule has 0 heterocycles. The van der Waals surface area contributed by atoms with Gasteiger partial charge in [-0.2, -0.15) is 0 Å². The third-order valence-electron chi connectivity index (χ3n) is 3.40. The Morgan fingerprint density at radius 2 is 1.75 bits per heavy atom. The molecule has 0 saturated carbocycles. The SMILES string of the molecule is CCCCc1ccc(-c2cccc(F)c2B(O)O)cc1. The Balaban J connectivity index is 2.34. The lowest BCUT2D eigenvalue weighted by Gasteiger charge is -2.11. The lowest BCUT2D eigenvalue weighted by Crippen LogP contribution is -2.34. The molecule has 2 aromatic carbocycles. The summed E-state index contributed by atoms with van der Waals surface area (Å²) < 4.78 is 13.7. The predicted molar refractivity (Wildman–Crippen MR) is 80.3 cm³/mol. The Hall–Kier alpha value is -1.65. The van der Waals surface area contributed by atoms with Gasteiger partial charge >= 0.3 is 7.12 Å². The molecule has 0 atom stereocenters. The summed E-state index contributed by atoms with van der Waals surface area (Å²) in [4.78, 5) is 0. The first-order valence-electron chi connectivity index (χ1n) is 6.87. The standard InChI is InChI=1S/C16H18BFO2/c1-2-3-5-12-8-10-13(11-9-12)14-6-4-7-15(18)16(14)17(19)20/h4,6-11,19-20H,2-3,5H2,1H3. The normalized spacial score (nSPS) is 10.6. The van der Waals surface area contributed by atoms with Crippen LogP contribution in [0.2, 0.25) is 0 Å². The first kappa shape index (κ1) is 14.8. The third-order valence-corrected chi connectivity index (χ3v) is 3.40. The fourth-order valence-electron chi connectivity index (χ4n) is 2.28. The van der Waals surface area contributed by atoms with E-state index in [0.29, 0.717) is 5.56 Å². The molecule has 0 aliphatic rings. The number of rotatable bonds is 5. The zero-order valence-electron chi connectivity index (χ0n) is 11.5. The summed E-state index contributed by atoms with van der Waals surface area (Å²) in [5.74, 6) is -0.604. The van der Waals surface area contributed by atoms with E-state index in [9.17, 15) is 14.4 Å². The Morgan fingerprint density at radius 3 is 2.35 bits per heavy atom. The van der Waals surface area contributed by atoms with Gasteiger partial charge in [0.1, 0.15) is 5.82 Å². The van der Waals surface area contributed by atoms with Gasteiger partial charge in [-0.1, -0.05) is 49.7 Å². The topological polar surface area (TPSA) is 40.5 Å². The van der Waals surface area contributed by atoms with Crippen molar-refractivity contribution in [3.8, 4) is 11.1 Å². The molecule has 0 aliphatic heterocycles. The molecular weight excluding hydrogens is 254 g/mol. The van der Waals surface area contributed by atoms with Gasteiger partial charge in [0, 0.05) is 5.46 Å². The minimum atomic E-state index is -1.81. The number of halogens is 1. The van der Waals surface area contributed by atoms with Crippen LogP contribution in [0.3, 0.4) is 0 Å². The molecule has 4 heteroatoms. The first-order valence-corrected chi connectivity index (χ1v) is 6.87. The van der Waals surface area contributed by atoms with Crippen molar-refractivity contribution >= 4 is 12.6 Å². The maximum atomic E-state index is 13.7. The average molecular weight is 272 g/mol. The zero-order chi connectivity index (χ0) is 14.5. The summed E-state index contributed by atoms with van der Waals surface area (Å²) in [5, 5.41) is 18.7. The van der Waals surface area contributed by atoms with E-state index in [1.165, 1.54) is 11.6 Å². The molecule has 2 N–H and O–H groups in total. The maximum absolute atomic E-state index is 13.7. The molecule has 2 aromatic rings. The van der Waals surface area contributed by atoms with Crippen molar-refractivity contribution < 1.29 is 14.4 Å². The van der Waals surface area contributed by atoms with Crippen molar-refractivity contribution in [3.05, 3.63) is 53.8 Å². The van der Waals surface area contributed by atoms with Crippen LogP contribution in [0, 0.1) is 5.82 Å². The maximum Gasteiger partial charge on any atom is 0.492 e. The second-order valence-electron chi connectivity index (χ2n) is 4.88. The van der Waals surface area contributed by atoms with E-state index >= 15 is 0 Å². The summed E-state index contributed by atoms with van der Waals surface area (Å²) in [6.07, 6.45) is 3.31. The van der Waals surface area contributed by atoms with Crippen LogP contribution in [0.1, 0.15) is 25.3 Å². The Labute approximate surface area is 119 Å². The minimum Gasteiger partial charge on any atom is -0.423 e. The van der Waals surface area contributed by atoms with Gasteiger partial charge in [0.25, 0.3) is 0 Å². The fourth-order valence-corrected chi connectivity index (χ4v) is 2.28. The highest BCUT2D eigenvalue weighted by Gasteiger charge is 2.21. The van der Waals surface area contributed by atoms with E-state index < -0.39 is 12.9 Å². The molecular formula is C16H18BFO2. The summed E-state index contributed by atoms with van der Waals surface area (Å²) in [5.41, 5.74) is 2.46. The van der Waals surface area contributed by atoms with E-state index in [-0.39, 0.29) is 5.46 Å². The van der Waals surface area contributed by atoms with Crippen LogP contribution in [0.4, 0.5) is 4.39 Å². The van der Waals surface area contributed by atoms with Crippen LogP contribution in [0.5, 0.6) is 0 Å². The van der Waals surface area contributed by atoms with Crippen LogP contribution in [0.15, 0.2) is 42.5 Å². The van der Waals surface area contributed by atoms with Crippen LogP contribution in [0.25, 0.3) is 11.1 Å². The van der Waals surface area contributed by atoms with Crippen LogP contribution >= 0.6 is 0 Å². The van der Waals surface area contributed by atoms with Gasteiger partial charge < -0.3 is 10.0 Å². The molecule has 0 unspecified atom stereocenters. The summed E-state index contributed by atoms with van der Waals surface area (Å²) >= 11 is 0. The number of benzene rings is 2. The highest BCUT2D eigenvalue weighted by molar-refractivity contribution is 6.60. The molecule has 0 bridgehead atoms. The van der Waals surface area contributed by atoms with E-state index in [4.69, 9.17) is 0 Å². The summed E-state index contributed by atoms with van der Waals surface area (Å²) in [7, 11) is -1.81. The molecule has 0 aromatic heterocycles. The molecule has 0 spiro atoms. The van der Waals surface area contributed by atoms with Gasteiger partial charge in [-0.15, -0.1) is 0 Å². The molecule has 0 radical (unpaired) electrons. The molecule has 20 heavy (non-hydrogen) atoms. The van der Waals surface area contributed by atoms with Crippen molar-refractivity contribution in [2.75, 3.05) is 0 Å². The van der Waals surface area contributed by atoms with E-state index in [1.54, 1.807) is 12.1 Å². The Bertz CT molecular complexity index is 567. The quantitative estimate of drug-likeness (QED) is 0.821. The van der Waals surface area contributed by atoms with E-state index in [2.05, 4.69) is 6.92 Å². The molecule has 0 saturated heterocycles. The van der Waals surface area contributed by atoms with Crippen molar-refractivity contribution in [3.63, 3.8) is 0 Å². The zero-order valence-corrected chi connectivity index (χ0v) is 11.5. The molecule has 2 rings (SSSR count). The van der Waals surface area contributed by atoms with Crippen molar-refractivity contribution in [1.82, 2.24) is 0 Å². The van der Waals surface area contributed by atoms with Crippen molar-refractivity contribution in [2.24, 2.45) is 0 Å². The van der Waals surface area contributed by atoms with Gasteiger partial charge in [-0.05, 0) is 35.6 Å². The monoisotopic (exact) mass is 272 g/mol. The largest absolute Gasteiger partial charge is 0.492 e. The smallest absolute Gasteiger partial charge is 0.423 e. The summed E-state index contributed by atoms with van der Waals surface area (Å²) in [6, 6.07) is 12.3. The Morgan fingerprint density at radius 1 is 1.05 bits per heavy atom. The molecule has 2 nitrogen and oxygen atoms in total. The number of hydrogen-bond donors (Lipinski definition) is 2. The number of aryl methyl sites for hydroxylation is 1. The van der Waals surface area contributed by atoms with E-state index in [1.807, 2.05) is 24.3 Å². The molecule has 0 amide bonds. The number of hydrogen-bond acceptors (Lipinski definition) is 2. The van der Waals surface area contributed by atoms with Gasteiger partial charge in [0.15, 0.2) is 0 Å². The second-order valence-corrected chi connectivity index (χ2v) is 4.88. The molecule has 104 valence electrons. The lowest BCUT2D eigenvalue weighted by molar-refractivity contribution is 0.423. The van der Waals surface area contributed by atoms with Gasteiger partial charge in [0.2, 0.25) is 0 Å². The highest BCUT2D eigenvalue weighted by Crippen LogP contribution is 2.20. The lowest BCUT2D eigenvalue weighted by atomic mass is 9.75. The fraction of sp³-hybridized carbons (Fsp3) is 0.250. The van der Waals surface area contributed by atoms with Crippen LogP contribution < -0.4 is 5.46 Å². The predicted octanol–water partition coefficient (Wildman–Crippen LogP) is 2.52. The summed E-state index contributed by atoms with van der Waals surface area (Å²) in [6.45, 7) is 2.15. The minimum absolute atomic E-state index is 0.0752. The number of unbranched alkanes of at least 4 members (excludes halogenated alkanes) is 1. The molecule has 0 aliphatic carbocycles. The molecule has 0 fully saturated rings. The first-order chi connectivity index (χ1) is 9.63. The third kappa shape index (κ3) is 3.27. The van der Waals surface area contributed by atoms with Gasteiger partial charge in [0.05, 0.1) is 0 Å². The van der Waals surface area contributed by atoms with Crippen LogP contribution in [-0.2, 0) is 6.42 Å². The van der Waals surface area contributed by atoms with Gasteiger partial charge in [-0.25, -0.2) is 4.39 Å². The van der Waals surface area contributed by atoms with Crippen molar-refractivity contribution in [2.45, 2.75) is 26.2 Å². The average Bonchev–Trinajstić information content (AvgIpc) is 2.45. The Kier molecular flexibility index (Phi) is 4.93. The van der Waals surface area contributed by atoms with Crippen molar-refractivity contribution in [1.29, 1.82) is 0 Å². The highest BCUT2D eigenvalue weighted by atomic mass is 19.1. The van der Waals surface area contributed by atoms with E-state index in [0.717, 1.165) is 24.8 Å². The van der Waals surface area contributed by atoms with Crippen LogP contribution in [-0.4, -0.2) is 17.2 Å².